The van der Waals surface area contributed by atoms with Gasteiger partial charge in [-0.1, -0.05) is 23.7 Å². The predicted molar refractivity (Wildman–Crippen MR) is 112 cm³/mol. The molecule has 150 valence electrons. The lowest BCUT2D eigenvalue weighted by Gasteiger charge is -2.26. The molecule has 7 nitrogen and oxygen atoms in total. The summed E-state index contributed by atoms with van der Waals surface area (Å²) in [7, 11) is 0. The zero-order valence-electron chi connectivity index (χ0n) is 16.3. The van der Waals surface area contributed by atoms with E-state index in [1.54, 1.807) is 23.3 Å². The molecule has 1 unspecified atom stereocenters. The number of hydrogen-bond acceptors (Lipinski definition) is 5. The van der Waals surface area contributed by atoms with E-state index in [0.717, 1.165) is 37.2 Å². The molecule has 2 aromatic heterocycles. The van der Waals surface area contributed by atoms with E-state index < -0.39 is 0 Å². The molecule has 1 amide bonds. The van der Waals surface area contributed by atoms with Crippen LogP contribution in [0.15, 0.2) is 49.2 Å². The summed E-state index contributed by atoms with van der Waals surface area (Å²) in [5, 5.41) is 7.90. The van der Waals surface area contributed by atoms with Gasteiger partial charge in [-0.15, -0.1) is 0 Å². The molecular weight excluding hydrogens is 388 g/mol. The SMILES string of the molecule is CC(Nc1ncc(C(=O)N2CCCCC2)cc1Cl)c1ccc(-n2cncn2)cc1. The number of pyridine rings is 1. The Morgan fingerprint density at radius 1 is 1.17 bits per heavy atom. The Kier molecular flexibility index (Phi) is 5.76. The molecule has 8 heteroatoms. The van der Waals surface area contributed by atoms with Crippen molar-refractivity contribution in [3.63, 3.8) is 0 Å². The van der Waals surface area contributed by atoms with Gasteiger partial charge in [-0.05, 0) is 49.9 Å². The van der Waals surface area contributed by atoms with Crippen LogP contribution in [0.5, 0.6) is 0 Å². The van der Waals surface area contributed by atoms with Crippen LogP contribution in [0, 0.1) is 0 Å². The van der Waals surface area contributed by atoms with Crippen molar-refractivity contribution in [1.29, 1.82) is 0 Å². The topological polar surface area (TPSA) is 75.9 Å². The van der Waals surface area contributed by atoms with Crippen LogP contribution < -0.4 is 5.32 Å². The molecule has 1 aliphatic rings. The molecule has 1 atom stereocenters. The minimum Gasteiger partial charge on any atom is -0.362 e. The van der Waals surface area contributed by atoms with E-state index in [0.29, 0.717) is 16.4 Å². The van der Waals surface area contributed by atoms with Crippen molar-refractivity contribution in [2.24, 2.45) is 0 Å². The first-order valence-corrected chi connectivity index (χ1v) is 10.2. The molecule has 0 radical (unpaired) electrons. The highest BCUT2D eigenvalue weighted by Crippen LogP contribution is 2.26. The fraction of sp³-hybridized carbons (Fsp3) is 0.333. The molecule has 0 spiro atoms. The number of carbonyl (C=O) groups is 1. The van der Waals surface area contributed by atoms with E-state index in [9.17, 15) is 4.79 Å². The smallest absolute Gasteiger partial charge is 0.255 e. The summed E-state index contributed by atoms with van der Waals surface area (Å²) < 4.78 is 1.71. The predicted octanol–water partition coefficient (Wildman–Crippen LogP) is 4.11. The molecule has 4 rings (SSSR count). The lowest BCUT2D eigenvalue weighted by molar-refractivity contribution is 0.0724. The molecule has 1 aromatic carbocycles. The van der Waals surface area contributed by atoms with Gasteiger partial charge in [0, 0.05) is 25.3 Å². The van der Waals surface area contributed by atoms with E-state index in [1.165, 1.54) is 12.7 Å². The second kappa shape index (κ2) is 8.61. The maximum Gasteiger partial charge on any atom is 0.255 e. The van der Waals surface area contributed by atoms with Crippen LogP contribution in [0.1, 0.15) is 48.1 Å². The maximum absolute atomic E-state index is 12.6. The Balaban J connectivity index is 1.44. The maximum atomic E-state index is 12.6. The van der Waals surface area contributed by atoms with E-state index in [1.807, 2.05) is 36.1 Å². The second-order valence-corrected chi connectivity index (χ2v) is 7.61. The molecule has 29 heavy (non-hydrogen) atoms. The molecule has 0 aliphatic carbocycles. The number of aromatic nitrogens is 4. The van der Waals surface area contributed by atoms with Crippen molar-refractivity contribution >= 4 is 23.3 Å². The number of piperidine rings is 1. The number of rotatable bonds is 5. The zero-order valence-corrected chi connectivity index (χ0v) is 17.0. The number of nitrogens with zero attached hydrogens (tertiary/aromatic N) is 5. The summed E-state index contributed by atoms with van der Waals surface area (Å²) >= 11 is 6.42. The number of carbonyl (C=O) groups excluding carboxylic acids is 1. The quantitative estimate of drug-likeness (QED) is 0.684. The fourth-order valence-corrected chi connectivity index (χ4v) is 3.71. The standard InChI is InChI=1S/C21H23ClN6O/c1-15(16-5-7-18(8-6-16)28-14-23-13-25-28)26-20-19(22)11-17(12-24-20)21(29)27-9-3-2-4-10-27/h5-8,11-15H,2-4,9-10H2,1H3,(H,24,26). The summed E-state index contributed by atoms with van der Waals surface area (Å²) in [6.45, 7) is 3.64. The first kappa shape index (κ1) is 19.4. The van der Waals surface area contributed by atoms with E-state index in [-0.39, 0.29) is 11.9 Å². The number of amides is 1. The highest BCUT2D eigenvalue weighted by Gasteiger charge is 2.20. The molecule has 1 N–H and O–H groups in total. The Morgan fingerprint density at radius 2 is 1.93 bits per heavy atom. The minimum atomic E-state index is -0.00607. The summed E-state index contributed by atoms with van der Waals surface area (Å²) in [5.74, 6) is 0.567. The van der Waals surface area contributed by atoms with Crippen molar-refractivity contribution < 1.29 is 4.79 Å². The van der Waals surface area contributed by atoms with Gasteiger partial charge in [0.1, 0.15) is 18.5 Å². The van der Waals surface area contributed by atoms with Crippen LogP contribution in [0.3, 0.4) is 0 Å². The van der Waals surface area contributed by atoms with Crippen molar-refractivity contribution in [3.8, 4) is 5.69 Å². The minimum absolute atomic E-state index is 0.00222. The number of benzene rings is 1. The first-order valence-electron chi connectivity index (χ1n) is 9.78. The van der Waals surface area contributed by atoms with Crippen molar-refractivity contribution in [2.45, 2.75) is 32.2 Å². The van der Waals surface area contributed by atoms with Gasteiger partial charge in [0.2, 0.25) is 0 Å². The average molecular weight is 411 g/mol. The third-order valence-electron chi connectivity index (χ3n) is 5.16. The summed E-state index contributed by atoms with van der Waals surface area (Å²) in [6, 6.07) is 9.71. The van der Waals surface area contributed by atoms with Gasteiger partial charge >= 0.3 is 0 Å². The van der Waals surface area contributed by atoms with Crippen molar-refractivity contribution in [3.05, 3.63) is 65.3 Å². The molecule has 1 saturated heterocycles. The summed E-state index contributed by atoms with van der Waals surface area (Å²) in [5.41, 5.74) is 2.56. The highest BCUT2D eigenvalue weighted by molar-refractivity contribution is 6.33. The summed E-state index contributed by atoms with van der Waals surface area (Å²) in [4.78, 5) is 22.9. The fourth-order valence-electron chi connectivity index (χ4n) is 3.49. The van der Waals surface area contributed by atoms with Gasteiger partial charge in [-0.2, -0.15) is 5.10 Å². The van der Waals surface area contributed by atoms with Crippen LogP contribution in [-0.2, 0) is 0 Å². The van der Waals surface area contributed by atoms with Crippen LogP contribution in [0.2, 0.25) is 5.02 Å². The monoisotopic (exact) mass is 410 g/mol. The number of halogens is 1. The molecule has 0 bridgehead atoms. The lowest BCUT2D eigenvalue weighted by atomic mass is 10.1. The Morgan fingerprint density at radius 3 is 2.59 bits per heavy atom. The van der Waals surface area contributed by atoms with Crippen LogP contribution in [-0.4, -0.2) is 43.6 Å². The van der Waals surface area contributed by atoms with Gasteiger partial charge in [0.25, 0.3) is 5.91 Å². The van der Waals surface area contributed by atoms with Crippen LogP contribution >= 0.6 is 11.6 Å². The Labute approximate surface area is 174 Å². The number of hydrogen-bond donors (Lipinski definition) is 1. The van der Waals surface area contributed by atoms with Crippen molar-refractivity contribution in [2.75, 3.05) is 18.4 Å². The highest BCUT2D eigenvalue weighted by atomic mass is 35.5. The molecule has 0 saturated carbocycles. The molecule has 1 fully saturated rings. The van der Waals surface area contributed by atoms with Gasteiger partial charge in [-0.25, -0.2) is 14.6 Å². The van der Waals surface area contributed by atoms with Gasteiger partial charge in [0.05, 0.1) is 16.3 Å². The second-order valence-electron chi connectivity index (χ2n) is 7.20. The Hall–Kier alpha value is -2.93. The summed E-state index contributed by atoms with van der Waals surface area (Å²) in [6.07, 6.45) is 8.06. The normalized spacial score (nSPS) is 15.2. The number of nitrogens with one attached hydrogen (secondary N) is 1. The molecular formula is C21H23ClN6O. The van der Waals surface area contributed by atoms with Gasteiger partial charge in [-0.3, -0.25) is 4.79 Å². The third-order valence-corrected chi connectivity index (χ3v) is 5.45. The molecule has 3 aromatic rings. The number of likely N-dealkylation sites (tertiary alicyclic amines) is 1. The van der Waals surface area contributed by atoms with Gasteiger partial charge < -0.3 is 10.2 Å². The van der Waals surface area contributed by atoms with E-state index in [4.69, 9.17) is 11.6 Å². The first-order chi connectivity index (χ1) is 14.1. The number of anilines is 1. The zero-order chi connectivity index (χ0) is 20.2. The van der Waals surface area contributed by atoms with Crippen molar-refractivity contribution in [1.82, 2.24) is 24.6 Å². The van der Waals surface area contributed by atoms with Crippen LogP contribution in [0.25, 0.3) is 5.69 Å². The van der Waals surface area contributed by atoms with E-state index >= 15 is 0 Å². The largest absolute Gasteiger partial charge is 0.362 e. The van der Waals surface area contributed by atoms with E-state index in [2.05, 4.69) is 20.4 Å². The Bertz CT molecular complexity index is 967. The average Bonchev–Trinajstić information content (AvgIpc) is 3.30. The molecule has 3 heterocycles. The molecule has 1 aliphatic heterocycles. The van der Waals surface area contributed by atoms with Gasteiger partial charge in [0.15, 0.2) is 0 Å². The van der Waals surface area contributed by atoms with Crippen LogP contribution in [0.4, 0.5) is 5.82 Å². The lowest BCUT2D eigenvalue weighted by Crippen LogP contribution is -2.35. The third kappa shape index (κ3) is 4.40.